The lowest BCUT2D eigenvalue weighted by molar-refractivity contribution is 0.134. The van der Waals surface area contributed by atoms with Crippen LogP contribution < -0.4 is 5.32 Å². The van der Waals surface area contributed by atoms with Gasteiger partial charge in [0, 0.05) is 19.6 Å². The molecule has 2 heteroatoms. The van der Waals surface area contributed by atoms with E-state index in [4.69, 9.17) is 0 Å². The molecule has 1 aromatic rings. The van der Waals surface area contributed by atoms with E-state index in [1.165, 1.54) is 30.6 Å². The van der Waals surface area contributed by atoms with Crippen LogP contribution in [-0.4, -0.2) is 31.1 Å². The predicted octanol–water partition coefficient (Wildman–Crippen LogP) is 3.32. The SMILES string of the molecule is CCNCCc1ccccc1CN1CC(C)CC(C)C1. The van der Waals surface area contributed by atoms with Gasteiger partial charge in [-0.05, 0) is 48.9 Å². The van der Waals surface area contributed by atoms with Gasteiger partial charge in [-0.1, -0.05) is 45.0 Å². The second kappa shape index (κ2) is 7.80. The summed E-state index contributed by atoms with van der Waals surface area (Å²) in [6.45, 7) is 12.7. The molecule has 1 aliphatic heterocycles. The van der Waals surface area contributed by atoms with E-state index in [9.17, 15) is 0 Å². The number of hydrogen-bond acceptors (Lipinski definition) is 2. The van der Waals surface area contributed by atoms with Crippen molar-refractivity contribution >= 4 is 0 Å². The number of piperidine rings is 1. The first-order chi connectivity index (χ1) is 9.69. The van der Waals surface area contributed by atoms with Gasteiger partial charge in [0.1, 0.15) is 0 Å². The van der Waals surface area contributed by atoms with Crippen LogP contribution in [-0.2, 0) is 13.0 Å². The van der Waals surface area contributed by atoms with Gasteiger partial charge in [-0.25, -0.2) is 0 Å². The van der Waals surface area contributed by atoms with Crippen molar-refractivity contribution in [3.05, 3.63) is 35.4 Å². The second-order valence-electron chi connectivity index (χ2n) is 6.51. The van der Waals surface area contributed by atoms with Crippen LogP contribution in [0.25, 0.3) is 0 Å². The molecule has 2 nitrogen and oxygen atoms in total. The summed E-state index contributed by atoms with van der Waals surface area (Å²) in [5.74, 6) is 1.68. The van der Waals surface area contributed by atoms with E-state index in [0.717, 1.165) is 37.9 Å². The fourth-order valence-corrected chi connectivity index (χ4v) is 3.52. The minimum atomic E-state index is 0.840. The minimum absolute atomic E-state index is 0.840. The Morgan fingerprint density at radius 2 is 1.75 bits per heavy atom. The molecule has 0 bridgehead atoms. The van der Waals surface area contributed by atoms with Crippen molar-refractivity contribution in [2.75, 3.05) is 26.2 Å². The lowest BCUT2D eigenvalue weighted by Gasteiger charge is -2.35. The topological polar surface area (TPSA) is 15.3 Å². The maximum Gasteiger partial charge on any atom is 0.0236 e. The van der Waals surface area contributed by atoms with Crippen molar-refractivity contribution in [2.45, 2.75) is 40.2 Å². The molecular formula is C18H30N2. The monoisotopic (exact) mass is 274 g/mol. The van der Waals surface area contributed by atoms with Gasteiger partial charge < -0.3 is 5.32 Å². The summed E-state index contributed by atoms with van der Waals surface area (Å²) >= 11 is 0. The fourth-order valence-electron chi connectivity index (χ4n) is 3.52. The molecule has 0 aliphatic carbocycles. The van der Waals surface area contributed by atoms with Crippen molar-refractivity contribution < 1.29 is 0 Å². The lowest BCUT2D eigenvalue weighted by atomic mass is 9.91. The normalized spacial score (nSPS) is 23.9. The molecule has 1 N–H and O–H groups in total. The molecule has 1 saturated heterocycles. The van der Waals surface area contributed by atoms with Crippen LogP contribution in [0.4, 0.5) is 0 Å². The standard InChI is InChI=1S/C18H30N2/c1-4-19-10-9-17-7-5-6-8-18(17)14-20-12-15(2)11-16(3)13-20/h5-8,15-16,19H,4,9-14H2,1-3H3. The van der Waals surface area contributed by atoms with Crippen LogP contribution in [0, 0.1) is 11.8 Å². The molecule has 2 rings (SSSR count). The van der Waals surface area contributed by atoms with E-state index in [-0.39, 0.29) is 0 Å². The van der Waals surface area contributed by atoms with Gasteiger partial charge in [0.05, 0.1) is 0 Å². The Balaban J connectivity index is 1.97. The van der Waals surface area contributed by atoms with Crippen LogP contribution in [0.1, 0.15) is 38.3 Å². The maximum absolute atomic E-state index is 3.43. The molecule has 2 unspecified atom stereocenters. The van der Waals surface area contributed by atoms with Gasteiger partial charge in [0.2, 0.25) is 0 Å². The van der Waals surface area contributed by atoms with Crippen LogP contribution in [0.2, 0.25) is 0 Å². The average molecular weight is 274 g/mol. The first kappa shape index (κ1) is 15.5. The van der Waals surface area contributed by atoms with Gasteiger partial charge in [-0.2, -0.15) is 0 Å². The molecule has 0 spiro atoms. The zero-order chi connectivity index (χ0) is 14.4. The highest BCUT2D eigenvalue weighted by molar-refractivity contribution is 5.27. The van der Waals surface area contributed by atoms with E-state index in [1.807, 2.05) is 0 Å². The lowest BCUT2D eigenvalue weighted by Crippen LogP contribution is -2.38. The molecule has 0 radical (unpaired) electrons. The van der Waals surface area contributed by atoms with Crippen LogP contribution in [0.3, 0.4) is 0 Å². The Labute approximate surface area is 124 Å². The third kappa shape index (κ3) is 4.60. The summed E-state index contributed by atoms with van der Waals surface area (Å²) in [6.07, 6.45) is 2.53. The Bertz CT molecular complexity index is 392. The molecule has 1 aromatic carbocycles. The first-order valence-corrected chi connectivity index (χ1v) is 8.19. The summed E-state index contributed by atoms with van der Waals surface area (Å²) in [5, 5.41) is 3.43. The van der Waals surface area contributed by atoms with Crippen molar-refractivity contribution in [1.82, 2.24) is 10.2 Å². The highest BCUT2D eigenvalue weighted by atomic mass is 15.1. The smallest absolute Gasteiger partial charge is 0.0236 e. The third-order valence-electron chi connectivity index (χ3n) is 4.28. The summed E-state index contributed by atoms with van der Waals surface area (Å²) < 4.78 is 0. The van der Waals surface area contributed by atoms with E-state index in [1.54, 1.807) is 0 Å². The molecule has 0 saturated carbocycles. The highest BCUT2D eigenvalue weighted by Gasteiger charge is 2.22. The molecule has 1 aliphatic rings. The summed E-state index contributed by atoms with van der Waals surface area (Å²) in [6, 6.07) is 8.96. The van der Waals surface area contributed by atoms with Gasteiger partial charge in [-0.3, -0.25) is 4.90 Å². The molecule has 1 fully saturated rings. The van der Waals surface area contributed by atoms with E-state index in [2.05, 4.69) is 55.3 Å². The van der Waals surface area contributed by atoms with Crippen molar-refractivity contribution in [3.8, 4) is 0 Å². The second-order valence-corrected chi connectivity index (χ2v) is 6.51. The average Bonchev–Trinajstić information content (AvgIpc) is 2.40. The maximum atomic E-state index is 3.43. The minimum Gasteiger partial charge on any atom is -0.317 e. The Morgan fingerprint density at radius 1 is 1.10 bits per heavy atom. The largest absolute Gasteiger partial charge is 0.317 e. The number of benzene rings is 1. The van der Waals surface area contributed by atoms with Crippen LogP contribution >= 0.6 is 0 Å². The Morgan fingerprint density at radius 3 is 2.40 bits per heavy atom. The number of nitrogens with zero attached hydrogens (tertiary/aromatic N) is 1. The third-order valence-corrected chi connectivity index (χ3v) is 4.28. The number of nitrogens with one attached hydrogen (secondary N) is 1. The van der Waals surface area contributed by atoms with E-state index >= 15 is 0 Å². The molecule has 112 valence electrons. The van der Waals surface area contributed by atoms with Crippen LogP contribution in [0.15, 0.2) is 24.3 Å². The van der Waals surface area contributed by atoms with Gasteiger partial charge in [-0.15, -0.1) is 0 Å². The summed E-state index contributed by atoms with van der Waals surface area (Å²) in [7, 11) is 0. The zero-order valence-corrected chi connectivity index (χ0v) is 13.4. The molecule has 0 amide bonds. The van der Waals surface area contributed by atoms with Crippen molar-refractivity contribution in [3.63, 3.8) is 0 Å². The fraction of sp³-hybridized carbons (Fsp3) is 0.667. The summed E-state index contributed by atoms with van der Waals surface area (Å²) in [4.78, 5) is 2.64. The Kier molecular flexibility index (Phi) is 6.06. The molecule has 20 heavy (non-hydrogen) atoms. The number of likely N-dealkylation sites (N-methyl/N-ethyl adjacent to an activating group) is 1. The zero-order valence-electron chi connectivity index (χ0n) is 13.4. The van der Waals surface area contributed by atoms with E-state index < -0.39 is 0 Å². The first-order valence-electron chi connectivity index (χ1n) is 8.19. The number of hydrogen-bond donors (Lipinski definition) is 1. The van der Waals surface area contributed by atoms with Crippen LogP contribution in [0.5, 0.6) is 0 Å². The van der Waals surface area contributed by atoms with Crippen molar-refractivity contribution in [2.24, 2.45) is 11.8 Å². The summed E-state index contributed by atoms with van der Waals surface area (Å²) in [5.41, 5.74) is 3.03. The number of rotatable bonds is 6. The molecule has 0 aromatic heterocycles. The van der Waals surface area contributed by atoms with E-state index in [0.29, 0.717) is 0 Å². The quantitative estimate of drug-likeness (QED) is 0.801. The molecule has 1 heterocycles. The van der Waals surface area contributed by atoms with Gasteiger partial charge in [0.15, 0.2) is 0 Å². The molecular weight excluding hydrogens is 244 g/mol. The Hall–Kier alpha value is -0.860. The van der Waals surface area contributed by atoms with Crippen molar-refractivity contribution in [1.29, 1.82) is 0 Å². The van der Waals surface area contributed by atoms with Gasteiger partial charge in [0.25, 0.3) is 0 Å². The molecule has 2 atom stereocenters. The predicted molar refractivity (Wildman–Crippen MR) is 86.9 cm³/mol. The highest BCUT2D eigenvalue weighted by Crippen LogP contribution is 2.23. The van der Waals surface area contributed by atoms with Gasteiger partial charge >= 0.3 is 0 Å². The number of likely N-dealkylation sites (tertiary alicyclic amines) is 1.